The zero-order chi connectivity index (χ0) is 23.7. The number of carbonyl (C=O) groups is 2. The Kier molecular flexibility index (Phi) is 6.04. The van der Waals surface area contributed by atoms with Crippen LogP contribution in [0.4, 0.5) is 11.8 Å². The molecule has 2 aliphatic rings. The van der Waals surface area contributed by atoms with Crippen molar-refractivity contribution < 1.29 is 14.3 Å². The van der Waals surface area contributed by atoms with Crippen LogP contribution in [0.15, 0.2) is 48.5 Å². The maximum absolute atomic E-state index is 12.6. The van der Waals surface area contributed by atoms with E-state index in [1.54, 1.807) is 12.1 Å². The van der Waals surface area contributed by atoms with Gasteiger partial charge in [0.25, 0.3) is 0 Å². The Morgan fingerprint density at radius 1 is 1.00 bits per heavy atom. The fourth-order valence-corrected chi connectivity index (χ4v) is 4.86. The van der Waals surface area contributed by atoms with Crippen molar-refractivity contribution in [1.29, 1.82) is 0 Å². The fourth-order valence-electron chi connectivity index (χ4n) is 4.86. The molecule has 0 bridgehead atoms. The lowest BCUT2D eigenvalue weighted by molar-refractivity contribution is -0.123. The number of nitrogens with one attached hydrogen (secondary N) is 2. The first-order valence-electron chi connectivity index (χ1n) is 11.8. The molecular weight excluding hydrogens is 430 g/mol. The van der Waals surface area contributed by atoms with Gasteiger partial charge in [0.15, 0.2) is 0 Å². The van der Waals surface area contributed by atoms with Gasteiger partial charge in [-0.2, -0.15) is 4.98 Å². The van der Waals surface area contributed by atoms with Crippen molar-refractivity contribution in [3.63, 3.8) is 0 Å². The van der Waals surface area contributed by atoms with Crippen molar-refractivity contribution >= 4 is 34.5 Å². The summed E-state index contributed by atoms with van der Waals surface area (Å²) in [4.78, 5) is 36.1. The topological polar surface area (TPSA) is 96.5 Å². The summed E-state index contributed by atoms with van der Waals surface area (Å²) < 4.78 is 5.40. The minimum Gasteiger partial charge on any atom is -0.453 e. The maximum Gasteiger partial charge on any atom is 0.339 e. The van der Waals surface area contributed by atoms with E-state index in [0.717, 1.165) is 48.0 Å². The van der Waals surface area contributed by atoms with Gasteiger partial charge in [0.05, 0.1) is 17.5 Å². The first-order chi connectivity index (χ1) is 16.5. The molecule has 0 radical (unpaired) electrons. The molecule has 1 aliphatic heterocycles. The molecule has 8 heteroatoms. The summed E-state index contributed by atoms with van der Waals surface area (Å²) in [6, 6.07) is 15.7. The van der Waals surface area contributed by atoms with E-state index in [2.05, 4.69) is 10.6 Å². The second-order valence-electron chi connectivity index (χ2n) is 9.23. The number of anilines is 2. The molecule has 2 aromatic carbocycles. The molecule has 8 nitrogen and oxygen atoms in total. The molecule has 1 aliphatic carbocycles. The number of cyclic esters (lactones) is 1. The lowest BCUT2D eigenvalue weighted by Crippen LogP contribution is -2.40. The number of rotatable bonds is 6. The van der Waals surface area contributed by atoms with E-state index in [9.17, 15) is 9.59 Å². The molecule has 176 valence electrons. The normalized spacial score (nSPS) is 21.6. The number of fused-ring (bicyclic) bond motifs is 2. The highest BCUT2D eigenvalue weighted by Crippen LogP contribution is 2.33. The van der Waals surface area contributed by atoms with Crippen LogP contribution in [-0.2, 0) is 9.53 Å². The summed E-state index contributed by atoms with van der Waals surface area (Å²) in [7, 11) is 3.97. The fraction of sp³-hybridized carbons (Fsp3) is 0.385. The number of hydrogen-bond donors (Lipinski definition) is 2. The average molecular weight is 460 g/mol. The second-order valence-corrected chi connectivity index (χ2v) is 9.23. The number of amides is 1. The van der Waals surface area contributed by atoms with Gasteiger partial charge >= 0.3 is 5.97 Å². The number of ether oxygens (including phenoxy) is 1. The first-order valence-corrected chi connectivity index (χ1v) is 11.8. The van der Waals surface area contributed by atoms with Crippen molar-refractivity contribution in [3.05, 3.63) is 59.7 Å². The van der Waals surface area contributed by atoms with Crippen LogP contribution < -0.4 is 15.5 Å². The highest BCUT2D eigenvalue weighted by Gasteiger charge is 2.33. The third-order valence-corrected chi connectivity index (χ3v) is 6.58. The van der Waals surface area contributed by atoms with E-state index >= 15 is 0 Å². The number of aromatic nitrogens is 2. The number of para-hydroxylation sites is 1. The minimum atomic E-state index is -0.502. The highest BCUT2D eigenvalue weighted by molar-refractivity contribution is 5.94. The predicted octanol–water partition coefficient (Wildman–Crippen LogP) is 3.84. The SMILES string of the molecule is CN(C)c1nc(NC2CCC(NC(=O)CC3OC(=O)c4ccccc43)CC2)nc2ccccc12. The van der Waals surface area contributed by atoms with Crippen molar-refractivity contribution in [2.75, 3.05) is 24.3 Å². The van der Waals surface area contributed by atoms with Crippen LogP contribution in [0.2, 0.25) is 0 Å². The number of hydrogen-bond acceptors (Lipinski definition) is 7. The molecule has 1 amide bonds. The predicted molar refractivity (Wildman–Crippen MR) is 131 cm³/mol. The van der Waals surface area contributed by atoms with Gasteiger partial charge in [-0.3, -0.25) is 4.79 Å². The number of benzene rings is 2. The zero-order valence-electron chi connectivity index (χ0n) is 19.5. The van der Waals surface area contributed by atoms with Crippen LogP contribution >= 0.6 is 0 Å². The summed E-state index contributed by atoms with van der Waals surface area (Å²) in [5.74, 6) is 1.09. The molecule has 2 heterocycles. The summed E-state index contributed by atoms with van der Waals surface area (Å²) in [6.07, 6.45) is 3.23. The van der Waals surface area contributed by atoms with Gasteiger partial charge in [-0.25, -0.2) is 9.78 Å². The van der Waals surface area contributed by atoms with Crippen molar-refractivity contribution in [3.8, 4) is 0 Å². The first kappa shape index (κ1) is 22.1. The standard InChI is InChI=1S/C26H29N5O3/c1-31(2)24-20-9-5-6-10-21(20)29-26(30-24)28-17-13-11-16(12-14-17)27-23(32)15-22-18-7-3-4-8-19(18)25(33)34-22/h3-10,16-17,22H,11-15H2,1-2H3,(H,27,32)(H,28,29,30). The quantitative estimate of drug-likeness (QED) is 0.541. The van der Waals surface area contributed by atoms with Crippen LogP contribution in [0.25, 0.3) is 10.9 Å². The lowest BCUT2D eigenvalue weighted by Gasteiger charge is -2.30. The van der Waals surface area contributed by atoms with Crippen LogP contribution in [0, 0.1) is 0 Å². The molecule has 1 unspecified atom stereocenters. The Morgan fingerprint density at radius 3 is 2.50 bits per heavy atom. The molecule has 0 saturated heterocycles. The van der Waals surface area contributed by atoms with Crippen LogP contribution in [-0.4, -0.2) is 48.0 Å². The summed E-state index contributed by atoms with van der Waals surface area (Å²) >= 11 is 0. The summed E-state index contributed by atoms with van der Waals surface area (Å²) in [5, 5.41) is 7.65. The van der Waals surface area contributed by atoms with E-state index in [1.165, 1.54) is 0 Å². The van der Waals surface area contributed by atoms with E-state index < -0.39 is 6.10 Å². The largest absolute Gasteiger partial charge is 0.453 e. The summed E-state index contributed by atoms with van der Waals surface area (Å²) in [6.45, 7) is 0. The Balaban J connectivity index is 1.15. The smallest absolute Gasteiger partial charge is 0.339 e. The molecule has 34 heavy (non-hydrogen) atoms. The van der Waals surface area contributed by atoms with Gasteiger partial charge in [-0.05, 0) is 43.9 Å². The van der Waals surface area contributed by atoms with Gasteiger partial charge in [0, 0.05) is 37.1 Å². The van der Waals surface area contributed by atoms with Crippen molar-refractivity contribution in [2.45, 2.75) is 50.3 Å². The highest BCUT2D eigenvalue weighted by atomic mass is 16.5. The van der Waals surface area contributed by atoms with E-state index in [-0.39, 0.29) is 30.4 Å². The van der Waals surface area contributed by atoms with Gasteiger partial charge < -0.3 is 20.3 Å². The molecular formula is C26H29N5O3. The second kappa shape index (κ2) is 9.29. The third-order valence-electron chi connectivity index (χ3n) is 6.58. The van der Waals surface area contributed by atoms with Crippen molar-refractivity contribution in [2.24, 2.45) is 0 Å². The molecule has 1 saturated carbocycles. The Labute approximate surface area is 198 Å². The molecule has 2 N–H and O–H groups in total. The zero-order valence-corrected chi connectivity index (χ0v) is 19.5. The number of carbonyl (C=O) groups excluding carboxylic acids is 2. The average Bonchev–Trinajstić information content (AvgIpc) is 3.15. The van der Waals surface area contributed by atoms with Gasteiger partial charge in [-0.15, -0.1) is 0 Å². The molecule has 1 atom stereocenters. The molecule has 3 aromatic rings. The van der Waals surface area contributed by atoms with Gasteiger partial charge in [0.1, 0.15) is 11.9 Å². The van der Waals surface area contributed by atoms with Gasteiger partial charge in [0.2, 0.25) is 11.9 Å². The van der Waals surface area contributed by atoms with E-state index in [1.807, 2.05) is 55.4 Å². The molecule has 5 rings (SSSR count). The van der Waals surface area contributed by atoms with E-state index in [4.69, 9.17) is 14.7 Å². The number of nitrogens with zero attached hydrogens (tertiary/aromatic N) is 3. The van der Waals surface area contributed by atoms with E-state index in [0.29, 0.717) is 11.5 Å². The molecule has 1 fully saturated rings. The third kappa shape index (κ3) is 4.53. The monoisotopic (exact) mass is 459 g/mol. The van der Waals surface area contributed by atoms with Crippen LogP contribution in [0.3, 0.4) is 0 Å². The Bertz CT molecular complexity index is 1220. The molecule has 0 spiro atoms. The van der Waals surface area contributed by atoms with Crippen molar-refractivity contribution in [1.82, 2.24) is 15.3 Å². The Morgan fingerprint density at radius 2 is 1.71 bits per heavy atom. The van der Waals surface area contributed by atoms with Gasteiger partial charge in [-0.1, -0.05) is 30.3 Å². The van der Waals surface area contributed by atoms with Crippen LogP contribution in [0.1, 0.15) is 54.1 Å². The minimum absolute atomic E-state index is 0.0839. The Hall–Kier alpha value is -3.68. The molecule has 1 aromatic heterocycles. The number of esters is 1. The van der Waals surface area contributed by atoms with Crippen LogP contribution in [0.5, 0.6) is 0 Å². The summed E-state index contributed by atoms with van der Waals surface area (Å²) in [5.41, 5.74) is 2.27. The lowest BCUT2D eigenvalue weighted by atomic mass is 9.91. The maximum atomic E-state index is 12.6.